The highest BCUT2D eigenvalue weighted by molar-refractivity contribution is 9.10. The first-order valence-electron chi connectivity index (χ1n) is 8.17. The molecule has 0 unspecified atom stereocenters. The van der Waals surface area contributed by atoms with Crippen LogP contribution in [0.15, 0.2) is 39.9 Å². The molecule has 2 aromatic heterocycles. The Balaban J connectivity index is 1.61. The number of aryl methyl sites for hydroxylation is 2. The Bertz CT molecular complexity index is 1010. The summed E-state index contributed by atoms with van der Waals surface area (Å²) in [7, 11) is 0. The molecule has 2 heterocycles. The van der Waals surface area contributed by atoms with Gasteiger partial charge in [0.25, 0.3) is 5.56 Å². The van der Waals surface area contributed by atoms with Crippen LogP contribution in [0, 0.1) is 0 Å². The number of halogens is 1. The van der Waals surface area contributed by atoms with Crippen molar-refractivity contribution in [3.05, 3.63) is 55.9 Å². The maximum Gasteiger partial charge on any atom is 0.262 e. The first-order chi connectivity index (χ1) is 12.1. The number of aromatic nitrogens is 2. The van der Waals surface area contributed by atoms with E-state index in [4.69, 9.17) is 0 Å². The lowest BCUT2D eigenvalue weighted by molar-refractivity contribution is -0.116. The van der Waals surface area contributed by atoms with Crippen molar-refractivity contribution >= 4 is 49.1 Å². The Morgan fingerprint density at radius 3 is 2.80 bits per heavy atom. The van der Waals surface area contributed by atoms with Crippen LogP contribution in [0.2, 0.25) is 0 Å². The van der Waals surface area contributed by atoms with Gasteiger partial charge in [0.15, 0.2) is 0 Å². The quantitative estimate of drug-likeness (QED) is 0.705. The molecule has 4 rings (SSSR count). The molecular weight excluding hydrogens is 402 g/mol. The van der Waals surface area contributed by atoms with Crippen LogP contribution in [0.25, 0.3) is 10.2 Å². The van der Waals surface area contributed by atoms with E-state index in [9.17, 15) is 9.59 Å². The minimum Gasteiger partial charge on any atom is -0.325 e. The molecule has 0 atom stereocenters. The van der Waals surface area contributed by atoms with Gasteiger partial charge in [-0.05, 0) is 55.5 Å². The Labute approximate surface area is 156 Å². The van der Waals surface area contributed by atoms with Gasteiger partial charge in [-0.2, -0.15) is 0 Å². The topological polar surface area (TPSA) is 64.0 Å². The van der Waals surface area contributed by atoms with Crippen LogP contribution in [-0.2, 0) is 24.2 Å². The molecule has 1 aromatic carbocycles. The second-order valence-electron chi connectivity index (χ2n) is 6.12. The van der Waals surface area contributed by atoms with E-state index in [1.54, 1.807) is 11.3 Å². The van der Waals surface area contributed by atoms with Crippen LogP contribution in [0.1, 0.15) is 23.3 Å². The highest BCUT2D eigenvalue weighted by Crippen LogP contribution is 2.33. The van der Waals surface area contributed by atoms with Crippen molar-refractivity contribution in [3.63, 3.8) is 0 Å². The van der Waals surface area contributed by atoms with E-state index in [1.807, 2.05) is 24.3 Å². The molecule has 0 spiro atoms. The van der Waals surface area contributed by atoms with Crippen LogP contribution < -0.4 is 10.9 Å². The minimum atomic E-state index is -0.241. The average molecular weight is 418 g/mol. The predicted molar refractivity (Wildman–Crippen MR) is 103 cm³/mol. The molecule has 0 radical (unpaired) electrons. The van der Waals surface area contributed by atoms with Crippen LogP contribution in [0.5, 0.6) is 0 Å². The molecule has 7 heteroatoms. The van der Waals surface area contributed by atoms with Gasteiger partial charge >= 0.3 is 0 Å². The molecule has 1 amide bonds. The van der Waals surface area contributed by atoms with E-state index in [2.05, 4.69) is 26.2 Å². The number of fused-ring (bicyclic) bond motifs is 3. The van der Waals surface area contributed by atoms with Gasteiger partial charge in [-0.1, -0.05) is 15.9 Å². The molecule has 0 bridgehead atoms. The van der Waals surface area contributed by atoms with Gasteiger partial charge in [0, 0.05) is 15.0 Å². The zero-order valence-corrected chi connectivity index (χ0v) is 15.8. The molecule has 128 valence electrons. The summed E-state index contributed by atoms with van der Waals surface area (Å²) >= 11 is 4.97. The van der Waals surface area contributed by atoms with Gasteiger partial charge < -0.3 is 5.32 Å². The molecule has 5 nitrogen and oxygen atoms in total. The molecule has 0 saturated carbocycles. The summed E-state index contributed by atoms with van der Waals surface area (Å²) in [5, 5.41) is 3.51. The second-order valence-corrected chi connectivity index (χ2v) is 8.12. The Hall–Kier alpha value is -1.99. The van der Waals surface area contributed by atoms with E-state index in [0.717, 1.165) is 34.1 Å². The van der Waals surface area contributed by atoms with E-state index in [0.29, 0.717) is 11.1 Å². The minimum absolute atomic E-state index is 0.0392. The van der Waals surface area contributed by atoms with Gasteiger partial charge in [0.2, 0.25) is 5.91 Å². The van der Waals surface area contributed by atoms with Crippen molar-refractivity contribution in [2.24, 2.45) is 0 Å². The molecule has 1 N–H and O–H groups in total. The number of benzene rings is 1. The Morgan fingerprint density at radius 1 is 1.24 bits per heavy atom. The first kappa shape index (κ1) is 16.5. The number of carbonyl (C=O) groups is 1. The lowest BCUT2D eigenvalue weighted by Crippen LogP contribution is -2.28. The number of hydrogen-bond acceptors (Lipinski definition) is 4. The van der Waals surface area contributed by atoms with Crippen molar-refractivity contribution in [2.45, 2.75) is 32.2 Å². The van der Waals surface area contributed by atoms with Gasteiger partial charge in [-0.15, -0.1) is 11.3 Å². The normalized spacial score (nSPS) is 13.6. The Morgan fingerprint density at radius 2 is 2.00 bits per heavy atom. The maximum absolute atomic E-state index is 12.8. The fraction of sp³-hybridized carbons (Fsp3) is 0.278. The van der Waals surface area contributed by atoms with E-state index in [1.165, 1.54) is 22.2 Å². The number of nitrogens with zero attached hydrogens (tertiary/aromatic N) is 2. The average Bonchev–Trinajstić information content (AvgIpc) is 2.99. The summed E-state index contributed by atoms with van der Waals surface area (Å²) in [6.07, 6.45) is 5.72. The lowest BCUT2D eigenvalue weighted by Gasteiger charge is -2.10. The summed E-state index contributed by atoms with van der Waals surface area (Å²) in [6, 6.07) is 7.32. The van der Waals surface area contributed by atoms with Crippen LogP contribution >= 0.6 is 27.3 Å². The summed E-state index contributed by atoms with van der Waals surface area (Å²) in [6.45, 7) is -0.0392. The number of anilines is 1. The zero-order chi connectivity index (χ0) is 17.4. The third-order valence-corrected chi connectivity index (χ3v) is 6.11. The van der Waals surface area contributed by atoms with Crippen molar-refractivity contribution in [1.82, 2.24) is 9.55 Å². The van der Waals surface area contributed by atoms with Crippen molar-refractivity contribution in [3.8, 4) is 0 Å². The number of nitrogens with one attached hydrogen (secondary N) is 1. The molecule has 0 saturated heterocycles. The van der Waals surface area contributed by atoms with E-state index in [-0.39, 0.29) is 18.0 Å². The molecule has 3 aromatic rings. The lowest BCUT2D eigenvalue weighted by atomic mass is 9.97. The monoisotopic (exact) mass is 417 g/mol. The molecular formula is C18H16BrN3O2S. The third-order valence-electron chi connectivity index (χ3n) is 4.38. The fourth-order valence-electron chi connectivity index (χ4n) is 3.18. The van der Waals surface area contributed by atoms with Crippen LogP contribution in [-0.4, -0.2) is 15.5 Å². The zero-order valence-electron chi connectivity index (χ0n) is 13.4. The number of rotatable bonds is 3. The predicted octanol–water partition coefficient (Wildman–Crippen LogP) is 3.74. The maximum atomic E-state index is 12.8. The summed E-state index contributed by atoms with van der Waals surface area (Å²) < 4.78 is 2.34. The first-order valence-corrected chi connectivity index (χ1v) is 9.78. The molecule has 0 fully saturated rings. The molecule has 1 aliphatic carbocycles. The SMILES string of the molecule is O=C(Cn1cnc2sc3c(c2c1=O)CCCC3)Nc1ccc(Br)cc1. The number of hydrogen-bond donors (Lipinski definition) is 1. The Kier molecular flexibility index (Phi) is 4.43. The summed E-state index contributed by atoms with van der Waals surface area (Å²) in [4.78, 5) is 31.6. The van der Waals surface area contributed by atoms with Gasteiger partial charge in [0.1, 0.15) is 11.4 Å². The molecule has 25 heavy (non-hydrogen) atoms. The number of carbonyl (C=O) groups excluding carboxylic acids is 1. The van der Waals surface area contributed by atoms with E-state index >= 15 is 0 Å². The number of amides is 1. The van der Waals surface area contributed by atoms with Crippen molar-refractivity contribution in [1.29, 1.82) is 0 Å². The van der Waals surface area contributed by atoms with Crippen molar-refractivity contribution in [2.75, 3.05) is 5.32 Å². The fourth-order valence-corrected chi connectivity index (χ4v) is 4.67. The number of thiophene rings is 1. The largest absolute Gasteiger partial charge is 0.325 e. The summed E-state index contributed by atoms with van der Waals surface area (Å²) in [5.74, 6) is -0.241. The smallest absolute Gasteiger partial charge is 0.262 e. The van der Waals surface area contributed by atoms with Gasteiger partial charge in [-0.25, -0.2) is 4.98 Å². The summed E-state index contributed by atoms with van der Waals surface area (Å²) in [5.41, 5.74) is 1.73. The van der Waals surface area contributed by atoms with Crippen molar-refractivity contribution < 1.29 is 4.79 Å². The second kappa shape index (κ2) is 6.72. The highest BCUT2D eigenvalue weighted by atomic mass is 79.9. The van der Waals surface area contributed by atoms with Crippen LogP contribution in [0.3, 0.4) is 0 Å². The molecule has 1 aliphatic rings. The molecule has 0 aliphatic heterocycles. The van der Waals surface area contributed by atoms with E-state index < -0.39 is 0 Å². The van der Waals surface area contributed by atoms with Gasteiger partial charge in [0.05, 0.1) is 11.7 Å². The highest BCUT2D eigenvalue weighted by Gasteiger charge is 2.20. The standard InChI is InChI=1S/C18H16BrN3O2S/c19-11-5-7-12(8-6-11)21-15(23)9-22-10-20-17-16(18(22)24)13-3-1-2-4-14(13)25-17/h5-8,10H,1-4,9H2,(H,21,23). The van der Waals surface area contributed by atoms with Gasteiger partial charge in [-0.3, -0.25) is 14.2 Å². The van der Waals surface area contributed by atoms with Crippen LogP contribution in [0.4, 0.5) is 5.69 Å². The third kappa shape index (κ3) is 3.26.